The van der Waals surface area contributed by atoms with Crippen LogP contribution in [0.3, 0.4) is 0 Å². The lowest BCUT2D eigenvalue weighted by atomic mass is 9.92. The summed E-state index contributed by atoms with van der Waals surface area (Å²) in [5.74, 6) is -0.274. The highest BCUT2D eigenvalue weighted by Gasteiger charge is 2.29. The highest BCUT2D eigenvalue weighted by molar-refractivity contribution is 5.77. The second-order valence-electron chi connectivity index (χ2n) is 8.65. The molecule has 1 aliphatic heterocycles. The first-order valence-electron chi connectivity index (χ1n) is 11.7. The highest BCUT2D eigenvalue weighted by atomic mass is 19.1. The molecule has 0 spiro atoms. The van der Waals surface area contributed by atoms with E-state index in [1.165, 1.54) is 18.6 Å². The molecule has 2 fully saturated rings. The van der Waals surface area contributed by atoms with E-state index in [9.17, 15) is 4.39 Å². The van der Waals surface area contributed by atoms with Crippen molar-refractivity contribution in [3.8, 4) is 28.7 Å². The zero-order valence-electron chi connectivity index (χ0n) is 18.8. The number of hydrogen-bond acceptors (Lipinski definition) is 6. The van der Waals surface area contributed by atoms with Crippen LogP contribution in [-0.4, -0.2) is 45.6 Å². The molecule has 33 heavy (non-hydrogen) atoms. The molecule has 3 aromatic rings. The fourth-order valence-corrected chi connectivity index (χ4v) is 4.77. The number of benzene rings is 1. The molecule has 0 radical (unpaired) electrons. The molecule has 174 valence electrons. The predicted octanol–water partition coefficient (Wildman–Crippen LogP) is 5.18. The minimum Gasteiger partial charge on any atom is -0.467 e. The summed E-state index contributed by atoms with van der Waals surface area (Å²) in [6, 6.07) is 8.84. The van der Waals surface area contributed by atoms with Crippen LogP contribution >= 0.6 is 0 Å². The Balaban J connectivity index is 1.41. The maximum atomic E-state index is 13.5. The molecule has 2 aliphatic rings. The molecule has 1 saturated heterocycles. The molecule has 5 rings (SSSR count). The van der Waals surface area contributed by atoms with Crippen LogP contribution in [0.25, 0.3) is 22.6 Å². The molecule has 0 bridgehead atoms. The van der Waals surface area contributed by atoms with E-state index < -0.39 is 0 Å². The van der Waals surface area contributed by atoms with E-state index in [0.29, 0.717) is 6.01 Å². The van der Waals surface area contributed by atoms with E-state index in [1.807, 2.05) is 12.4 Å². The second kappa shape index (κ2) is 9.97. The Labute approximate surface area is 192 Å². The number of methoxy groups -OCH3 is 1. The minimum atomic E-state index is -0.274. The van der Waals surface area contributed by atoms with Gasteiger partial charge in [0.15, 0.2) is 6.29 Å². The van der Waals surface area contributed by atoms with Crippen molar-refractivity contribution >= 4 is 0 Å². The lowest BCUT2D eigenvalue weighted by Crippen LogP contribution is -2.31. The van der Waals surface area contributed by atoms with Crippen LogP contribution in [-0.2, 0) is 9.47 Å². The quantitative estimate of drug-likeness (QED) is 0.513. The first-order valence-corrected chi connectivity index (χ1v) is 11.7. The number of nitrogens with zero attached hydrogens (tertiary/aromatic N) is 4. The van der Waals surface area contributed by atoms with Gasteiger partial charge in [-0.05, 0) is 75.3 Å². The first kappa shape index (κ1) is 22.0. The summed E-state index contributed by atoms with van der Waals surface area (Å²) in [4.78, 5) is 13.4. The SMILES string of the molecule is COc1nccc(-c2c(-c3ccc(F)cc3)ncn2C2CCC(OC3CCCCO3)CC2)n1. The third kappa shape index (κ3) is 4.91. The Morgan fingerprint density at radius 3 is 2.55 bits per heavy atom. The zero-order chi connectivity index (χ0) is 22.6. The lowest BCUT2D eigenvalue weighted by Gasteiger charge is -2.33. The zero-order valence-corrected chi connectivity index (χ0v) is 18.8. The van der Waals surface area contributed by atoms with Gasteiger partial charge >= 0.3 is 6.01 Å². The van der Waals surface area contributed by atoms with Gasteiger partial charge in [0.05, 0.1) is 36.6 Å². The van der Waals surface area contributed by atoms with Gasteiger partial charge < -0.3 is 18.8 Å². The molecule has 0 amide bonds. The predicted molar refractivity (Wildman–Crippen MR) is 121 cm³/mol. The third-order valence-corrected chi connectivity index (χ3v) is 6.49. The van der Waals surface area contributed by atoms with Crippen LogP contribution in [0.2, 0.25) is 0 Å². The molecule has 8 heteroatoms. The Bertz CT molecular complexity index is 1060. The van der Waals surface area contributed by atoms with Crippen molar-refractivity contribution < 1.29 is 18.6 Å². The van der Waals surface area contributed by atoms with Crippen LogP contribution in [0.1, 0.15) is 51.0 Å². The van der Waals surface area contributed by atoms with Crippen molar-refractivity contribution in [2.24, 2.45) is 0 Å². The molecule has 1 aliphatic carbocycles. The van der Waals surface area contributed by atoms with Crippen LogP contribution in [0.15, 0.2) is 42.9 Å². The minimum absolute atomic E-state index is 0.0531. The van der Waals surface area contributed by atoms with Crippen LogP contribution in [0.5, 0.6) is 6.01 Å². The average Bonchev–Trinajstić information content (AvgIpc) is 3.31. The largest absolute Gasteiger partial charge is 0.467 e. The van der Waals surface area contributed by atoms with Crippen molar-refractivity contribution in [3.63, 3.8) is 0 Å². The Morgan fingerprint density at radius 2 is 1.82 bits per heavy atom. The van der Waals surface area contributed by atoms with Gasteiger partial charge in [0, 0.05) is 24.4 Å². The average molecular weight is 453 g/mol. The summed E-state index contributed by atoms with van der Waals surface area (Å²) in [6.07, 6.45) is 10.9. The van der Waals surface area contributed by atoms with Crippen LogP contribution in [0.4, 0.5) is 4.39 Å². The summed E-state index contributed by atoms with van der Waals surface area (Å²) in [5.41, 5.74) is 3.23. The summed E-state index contributed by atoms with van der Waals surface area (Å²) in [6.45, 7) is 0.799. The van der Waals surface area contributed by atoms with E-state index in [0.717, 1.165) is 67.8 Å². The Hall–Kier alpha value is -2.84. The first-order chi connectivity index (χ1) is 16.2. The monoisotopic (exact) mass is 452 g/mol. The normalized spacial score (nSPS) is 23.4. The maximum absolute atomic E-state index is 13.5. The number of halogens is 1. The molecule has 1 saturated carbocycles. The van der Waals surface area contributed by atoms with Crippen LogP contribution < -0.4 is 4.74 Å². The van der Waals surface area contributed by atoms with Crippen molar-refractivity contribution in [2.75, 3.05) is 13.7 Å². The molecule has 2 aromatic heterocycles. The van der Waals surface area contributed by atoms with Gasteiger partial charge in [0.2, 0.25) is 0 Å². The summed E-state index contributed by atoms with van der Waals surface area (Å²) in [5, 5.41) is 0. The van der Waals surface area contributed by atoms with Gasteiger partial charge in [-0.25, -0.2) is 14.4 Å². The van der Waals surface area contributed by atoms with E-state index in [4.69, 9.17) is 19.2 Å². The highest BCUT2D eigenvalue weighted by Crippen LogP contribution is 2.38. The smallest absolute Gasteiger partial charge is 0.316 e. The number of rotatable bonds is 6. The second-order valence-corrected chi connectivity index (χ2v) is 8.65. The Morgan fingerprint density at radius 1 is 1.00 bits per heavy atom. The van der Waals surface area contributed by atoms with Crippen molar-refractivity contribution in [2.45, 2.75) is 63.4 Å². The molecule has 7 nitrogen and oxygen atoms in total. The molecule has 0 N–H and O–H groups in total. The van der Waals surface area contributed by atoms with Gasteiger partial charge in [-0.15, -0.1) is 0 Å². The van der Waals surface area contributed by atoms with Crippen molar-refractivity contribution in [1.82, 2.24) is 19.5 Å². The van der Waals surface area contributed by atoms with E-state index in [1.54, 1.807) is 25.4 Å². The summed E-state index contributed by atoms with van der Waals surface area (Å²) >= 11 is 0. The van der Waals surface area contributed by atoms with Gasteiger partial charge in [-0.3, -0.25) is 0 Å². The van der Waals surface area contributed by atoms with E-state index in [2.05, 4.69) is 14.5 Å². The molecule has 1 unspecified atom stereocenters. The number of imidazole rings is 1. The van der Waals surface area contributed by atoms with Gasteiger partial charge in [-0.2, -0.15) is 4.98 Å². The molecule has 3 heterocycles. The topological polar surface area (TPSA) is 71.3 Å². The van der Waals surface area contributed by atoms with Gasteiger partial charge in [0.25, 0.3) is 0 Å². The molecular weight excluding hydrogens is 423 g/mol. The van der Waals surface area contributed by atoms with Crippen molar-refractivity contribution in [1.29, 1.82) is 0 Å². The fraction of sp³-hybridized carbons (Fsp3) is 0.480. The third-order valence-electron chi connectivity index (χ3n) is 6.49. The molecule has 1 aromatic carbocycles. The van der Waals surface area contributed by atoms with Crippen molar-refractivity contribution in [3.05, 3.63) is 48.7 Å². The number of ether oxygens (including phenoxy) is 3. The molecular formula is C25H29FN4O3. The summed E-state index contributed by atoms with van der Waals surface area (Å²) in [7, 11) is 1.55. The van der Waals surface area contributed by atoms with E-state index in [-0.39, 0.29) is 24.3 Å². The standard InChI is InChI=1S/C25H29FN4O3/c1-31-25-27-14-13-21(29-25)24-23(17-5-7-18(26)8-6-17)28-16-30(24)19-9-11-20(12-10-19)33-22-4-2-3-15-32-22/h5-8,13-14,16,19-20,22H,2-4,9-12,15H2,1H3. The maximum Gasteiger partial charge on any atom is 0.316 e. The Kier molecular flexibility index (Phi) is 6.64. The van der Waals surface area contributed by atoms with Crippen LogP contribution in [0, 0.1) is 5.82 Å². The molecule has 1 atom stereocenters. The van der Waals surface area contributed by atoms with E-state index >= 15 is 0 Å². The summed E-state index contributed by atoms with van der Waals surface area (Å²) < 4.78 is 33.0. The fourth-order valence-electron chi connectivity index (χ4n) is 4.77. The van der Waals surface area contributed by atoms with Gasteiger partial charge in [-0.1, -0.05) is 0 Å². The lowest BCUT2D eigenvalue weighted by molar-refractivity contribution is -0.194. The number of hydrogen-bond donors (Lipinski definition) is 0. The number of aromatic nitrogens is 4. The van der Waals surface area contributed by atoms with Gasteiger partial charge in [0.1, 0.15) is 5.82 Å².